The third-order valence-electron chi connectivity index (χ3n) is 3.47. The van der Waals surface area contributed by atoms with Crippen LogP contribution >= 0.6 is 12.2 Å². The molecule has 3 N–H and O–H groups in total. The first-order valence-corrected chi connectivity index (χ1v) is 6.75. The molecule has 0 radical (unpaired) electrons. The van der Waals surface area contributed by atoms with Crippen molar-refractivity contribution < 1.29 is 4.79 Å². The number of rotatable bonds is 3. The van der Waals surface area contributed by atoms with Gasteiger partial charge in [0.05, 0.1) is 5.69 Å². The second kappa shape index (κ2) is 5.97. The summed E-state index contributed by atoms with van der Waals surface area (Å²) in [6, 6.07) is 3.85. The van der Waals surface area contributed by atoms with E-state index >= 15 is 0 Å². The van der Waals surface area contributed by atoms with Crippen LogP contribution in [0.1, 0.15) is 18.5 Å². The Labute approximate surface area is 118 Å². The molecule has 0 atom stereocenters. The minimum atomic E-state index is 0.123. The molecule has 5 nitrogen and oxygen atoms in total. The van der Waals surface area contributed by atoms with Gasteiger partial charge in [0.1, 0.15) is 4.99 Å². The van der Waals surface area contributed by atoms with Crippen molar-refractivity contribution in [3.63, 3.8) is 0 Å². The maximum atomic E-state index is 11.6. The van der Waals surface area contributed by atoms with Gasteiger partial charge in [-0.15, -0.1) is 0 Å². The molecular formula is C13H18N4OS. The summed E-state index contributed by atoms with van der Waals surface area (Å²) in [4.78, 5) is 18.3. The van der Waals surface area contributed by atoms with Crippen molar-refractivity contribution in [1.82, 2.24) is 10.3 Å². The number of carbonyl (C=O) groups excluding carboxylic acids is 1. The van der Waals surface area contributed by atoms with Gasteiger partial charge in [-0.3, -0.25) is 9.78 Å². The summed E-state index contributed by atoms with van der Waals surface area (Å²) in [6.07, 6.45) is 3.45. The van der Waals surface area contributed by atoms with Gasteiger partial charge in [-0.1, -0.05) is 12.2 Å². The van der Waals surface area contributed by atoms with Gasteiger partial charge in [0.2, 0.25) is 5.91 Å². The number of pyridine rings is 1. The van der Waals surface area contributed by atoms with Gasteiger partial charge in [0, 0.05) is 37.9 Å². The van der Waals surface area contributed by atoms with Crippen LogP contribution in [0.25, 0.3) is 0 Å². The molecule has 0 spiro atoms. The first kappa shape index (κ1) is 13.7. The highest BCUT2D eigenvalue weighted by atomic mass is 32.1. The van der Waals surface area contributed by atoms with Crippen molar-refractivity contribution >= 4 is 28.8 Å². The molecule has 6 heteroatoms. The van der Waals surface area contributed by atoms with Crippen LogP contribution in [0.15, 0.2) is 18.3 Å². The van der Waals surface area contributed by atoms with Gasteiger partial charge in [-0.05, 0) is 25.0 Å². The van der Waals surface area contributed by atoms with Crippen LogP contribution in [0.3, 0.4) is 0 Å². The molecule has 0 saturated carbocycles. The van der Waals surface area contributed by atoms with Gasteiger partial charge in [0.15, 0.2) is 0 Å². The maximum Gasteiger partial charge on any atom is 0.222 e. The standard InChI is InChI=1S/C13H18N4OS/c1-15-13(18)9-3-6-17(7-4-9)10-2-5-16-11(8-10)12(14)19/h2,5,8-9H,3-4,6-7H2,1H3,(H2,14,19)(H,15,18). The number of hydrogen-bond donors (Lipinski definition) is 2. The van der Waals surface area contributed by atoms with Crippen LogP contribution in [-0.2, 0) is 4.79 Å². The fraction of sp³-hybridized carbons (Fsp3) is 0.462. The second-order valence-corrected chi connectivity index (χ2v) is 5.08. The van der Waals surface area contributed by atoms with E-state index in [0.29, 0.717) is 10.7 Å². The molecule has 0 unspecified atom stereocenters. The molecule has 1 aromatic heterocycles. The van der Waals surface area contributed by atoms with E-state index in [1.165, 1.54) is 0 Å². The lowest BCUT2D eigenvalue weighted by atomic mass is 9.95. The molecule has 1 aliphatic rings. The van der Waals surface area contributed by atoms with E-state index < -0.39 is 0 Å². The quantitative estimate of drug-likeness (QED) is 0.796. The van der Waals surface area contributed by atoms with Gasteiger partial charge in [-0.2, -0.15) is 0 Å². The number of thiocarbonyl (C=S) groups is 1. The second-order valence-electron chi connectivity index (χ2n) is 4.64. The Hall–Kier alpha value is -1.69. The number of nitrogens with one attached hydrogen (secondary N) is 1. The topological polar surface area (TPSA) is 71.2 Å². The summed E-state index contributed by atoms with van der Waals surface area (Å²) in [5, 5.41) is 2.71. The molecule has 1 amide bonds. The minimum absolute atomic E-state index is 0.123. The molecule has 1 fully saturated rings. The summed E-state index contributed by atoms with van der Waals surface area (Å²) < 4.78 is 0. The van der Waals surface area contributed by atoms with E-state index in [2.05, 4.69) is 15.2 Å². The lowest BCUT2D eigenvalue weighted by Crippen LogP contribution is -2.39. The molecule has 19 heavy (non-hydrogen) atoms. The van der Waals surface area contributed by atoms with Crippen molar-refractivity contribution in [2.24, 2.45) is 11.7 Å². The Balaban J connectivity index is 2.03. The van der Waals surface area contributed by atoms with Gasteiger partial charge in [-0.25, -0.2) is 0 Å². The summed E-state index contributed by atoms with van der Waals surface area (Å²) in [6.45, 7) is 1.72. The molecule has 2 rings (SSSR count). The summed E-state index contributed by atoms with van der Waals surface area (Å²) in [5.74, 6) is 0.261. The van der Waals surface area contributed by atoms with Crippen molar-refractivity contribution in [2.45, 2.75) is 12.8 Å². The number of nitrogens with zero attached hydrogens (tertiary/aromatic N) is 2. The Bertz CT molecular complexity index is 483. The molecule has 102 valence electrons. The lowest BCUT2D eigenvalue weighted by molar-refractivity contribution is -0.125. The highest BCUT2D eigenvalue weighted by molar-refractivity contribution is 7.80. The van der Waals surface area contributed by atoms with E-state index in [0.717, 1.165) is 31.6 Å². The third-order valence-corrected chi connectivity index (χ3v) is 3.68. The molecule has 1 saturated heterocycles. The zero-order valence-electron chi connectivity index (χ0n) is 10.9. The van der Waals surface area contributed by atoms with Crippen molar-refractivity contribution in [3.05, 3.63) is 24.0 Å². The Morgan fingerprint density at radius 1 is 1.53 bits per heavy atom. The molecule has 2 heterocycles. The molecule has 0 aromatic carbocycles. The SMILES string of the molecule is CNC(=O)C1CCN(c2ccnc(C(N)=S)c2)CC1. The number of aromatic nitrogens is 1. The Kier molecular flexibility index (Phi) is 4.31. The van der Waals surface area contributed by atoms with E-state index in [9.17, 15) is 4.79 Å². The van der Waals surface area contributed by atoms with Crippen LogP contribution in [0.2, 0.25) is 0 Å². The summed E-state index contributed by atoms with van der Waals surface area (Å²) in [7, 11) is 1.69. The van der Waals surface area contributed by atoms with Crippen LogP contribution < -0.4 is 16.0 Å². The third kappa shape index (κ3) is 3.20. The monoisotopic (exact) mass is 278 g/mol. The predicted molar refractivity (Wildman–Crippen MR) is 79.1 cm³/mol. The number of piperidine rings is 1. The number of anilines is 1. The first-order valence-electron chi connectivity index (χ1n) is 6.34. The van der Waals surface area contributed by atoms with Crippen molar-refractivity contribution in [3.8, 4) is 0 Å². The zero-order chi connectivity index (χ0) is 13.8. The molecule has 1 aromatic rings. The predicted octanol–water partition coefficient (Wildman–Crippen LogP) is 0.678. The Morgan fingerprint density at radius 3 is 2.79 bits per heavy atom. The van der Waals surface area contributed by atoms with Crippen molar-refractivity contribution in [1.29, 1.82) is 0 Å². The molecular weight excluding hydrogens is 260 g/mol. The van der Waals surface area contributed by atoms with Crippen LogP contribution in [-0.4, -0.2) is 36.0 Å². The average Bonchev–Trinajstić information content (AvgIpc) is 2.46. The van der Waals surface area contributed by atoms with E-state index in [4.69, 9.17) is 18.0 Å². The first-order chi connectivity index (χ1) is 9.11. The minimum Gasteiger partial charge on any atom is -0.388 e. The smallest absolute Gasteiger partial charge is 0.222 e. The summed E-state index contributed by atoms with van der Waals surface area (Å²) >= 11 is 4.94. The van der Waals surface area contributed by atoms with Gasteiger partial charge >= 0.3 is 0 Å². The molecule has 1 aliphatic heterocycles. The number of amides is 1. The zero-order valence-corrected chi connectivity index (χ0v) is 11.7. The van der Waals surface area contributed by atoms with E-state index in [1.807, 2.05) is 12.1 Å². The Morgan fingerprint density at radius 2 is 2.21 bits per heavy atom. The number of carbonyl (C=O) groups is 1. The normalized spacial score (nSPS) is 16.2. The van der Waals surface area contributed by atoms with E-state index in [1.54, 1.807) is 13.2 Å². The largest absolute Gasteiger partial charge is 0.388 e. The van der Waals surface area contributed by atoms with Gasteiger partial charge < -0.3 is 16.0 Å². The van der Waals surface area contributed by atoms with Crippen LogP contribution in [0.5, 0.6) is 0 Å². The lowest BCUT2D eigenvalue weighted by Gasteiger charge is -2.32. The van der Waals surface area contributed by atoms with Crippen LogP contribution in [0.4, 0.5) is 5.69 Å². The fourth-order valence-electron chi connectivity index (χ4n) is 2.35. The van der Waals surface area contributed by atoms with Crippen LogP contribution in [0, 0.1) is 5.92 Å². The fourth-order valence-corrected chi connectivity index (χ4v) is 2.47. The summed E-state index contributed by atoms with van der Waals surface area (Å²) in [5.41, 5.74) is 7.29. The average molecular weight is 278 g/mol. The number of nitrogens with two attached hydrogens (primary N) is 1. The highest BCUT2D eigenvalue weighted by Gasteiger charge is 2.24. The van der Waals surface area contributed by atoms with E-state index in [-0.39, 0.29) is 11.8 Å². The maximum absolute atomic E-state index is 11.6. The highest BCUT2D eigenvalue weighted by Crippen LogP contribution is 2.23. The van der Waals surface area contributed by atoms with Gasteiger partial charge in [0.25, 0.3) is 0 Å². The number of hydrogen-bond acceptors (Lipinski definition) is 4. The van der Waals surface area contributed by atoms with Crippen molar-refractivity contribution in [2.75, 3.05) is 25.0 Å². The molecule has 0 aliphatic carbocycles. The molecule has 0 bridgehead atoms.